The Morgan fingerprint density at radius 3 is 2.88 bits per heavy atom. The third-order valence-electron chi connectivity index (χ3n) is 3.71. The Bertz CT molecular complexity index is 862. The fourth-order valence-corrected chi connectivity index (χ4v) is 2.54. The number of hydrogen-bond donors (Lipinski definition) is 1. The number of hydrogen-bond acceptors (Lipinski definition) is 6. The first-order valence-corrected chi connectivity index (χ1v) is 7.72. The van der Waals surface area contributed by atoms with E-state index in [1.165, 1.54) is 0 Å². The van der Waals surface area contributed by atoms with Gasteiger partial charge in [0.25, 0.3) is 0 Å². The summed E-state index contributed by atoms with van der Waals surface area (Å²) in [6.07, 6.45) is 5.45. The molecule has 0 radical (unpaired) electrons. The molecule has 4 rings (SSSR count). The van der Waals surface area contributed by atoms with Gasteiger partial charge in [-0.05, 0) is 23.8 Å². The van der Waals surface area contributed by atoms with Gasteiger partial charge in [0.05, 0.1) is 11.9 Å². The van der Waals surface area contributed by atoms with Crippen molar-refractivity contribution >= 4 is 5.95 Å². The highest BCUT2D eigenvalue weighted by Crippen LogP contribution is 2.30. The number of ether oxygens (including phenoxy) is 2. The van der Waals surface area contributed by atoms with Crippen LogP contribution < -0.4 is 14.8 Å². The van der Waals surface area contributed by atoms with Gasteiger partial charge in [-0.2, -0.15) is 5.10 Å². The molecule has 0 bridgehead atoms. The lowest BCUT2D eigenvalue weighted by Gasteiger charge is -2.19. The number of fused-ring (bicyclic) bond motifs is 1. The second-order valence-electron chi connectivity index (χ2n) is 5.50. The van der Waals surface area contributed by atoms with Gasteiger partial charge < -0.3 is 14.8 Å². The summed E-state index contributed by atoms with van der Waals surface area (Å²) in [6, 6.07) is 7.78. The highest BCUT2D eigenvalue weighted by molar-refractivity contribution is 5.58. The fraction of sp³-hybridized carbons (Fsp3) is 0.235. The number of benzene rings is 1. The zero-order valence-corrected chi connectivity index (χ0v) is 13.3. The molecule has 1 aliphatic heterocycles. The van der Waals surface area contributed by atoms with E-state index in [1.54, 1.807) is 17.1 Å². The summed E-state index contributed by atoms with van der Waals surface area (Å²) in [5.41, 5.74) is 2.87. The molecule has 0 saturated carbocycles. The Kier molecular flexibility index (Phi) is 3.74. The Morgan fingerprint density at radius 1 is 1.17 bits per heavy atom. The second kappa shape index (κ2) is 6.19. The van der Waals surface area contributed by atoms with Crippen molar-refractivity contribution in [1.82, 2.24) is 19.7 Å². The van der Waals surface area contributed by atoms with Gasteiger partial charge in [-0.25, -0.2) is 9.97 Å². The minimum atomic E-state index is 0.575. The van der Waals surface area contributed by atoms with Crippen molar-refractivity contribution in [3.05, 3.63) is 48.4 Å². The number of anilines is 1. The predicted octanol–water partition coefficient (Wildman–Crippen LogP) is 2.26. The fourth-order valence-electron chi connectivity index (χ4n) is 2.54. The molecule has 2 aromatic heterocycles. The average Bonchev–Trinajstić information content (AvgIpc) is 3.06. The molecule has 0 amide bonds. The van der Waals surface area contributed by atoms with E-state index >= 15 is 0 Å². The number of aromatic nitrogens is 4. The molecule has 3 heterocycles. The standard InChI is InChI=1S/C17H17N5O2/c1-22-11-13(10-20-22)14-4-5-18-17(21-14)19-9-12-2-3-15-16(8-12)24-7-6-23-15/h2-5,8,10-11H,6-7,9H2,1H3,(H,18,19,21). The maximum Gasteiger partial charge on any atom is 0.223 e. The van der Waals surface area contributed by atoms with Crippen LogP contribution in [0.5, 0.6) is 11.5 Å². The van der Waals surface area contributed by atoms with E-state index in [-0.39, 0.29) is 0 Å². The average molecular weight is 323 g/mol. The lowest BCUT2D eigenvalue weighted by Crippen LogP contribution is -2.15. The van der Waals surface area contributed by atoms with Gasteiger partial charge in [-0.15, -0.1) is 0 Å². The van der Waals surface area contributed by atoms with Gasteiger partial charge >= 0.3 is 0 Å². The topological polar surface area (TPSA) is 74.1 Å². The van der Waals surface area contributed by atoms with Crippen LogP contribution in [0.25, 0.3) is 11.3 Å². The first-order chi connectivity index (χ1) is 11.8. The number of rotatable bonds is 4. The zero-order chi connectivity index (χ0) is 16.4. The Hall–Kier alpha value is -3.09. The minimum absolute atomic E-state index is 0.575. The van der Waals surface area contributed by atoms with Crippen LogP contribution in [0.1, 0.15) is 5.56 Å². The lowest BCUT2D eigenvalue weighted by molar-refractivity contribution is 0.171. The summed E-state index contributed by atoms with van der Waals surface area (Å²) in [6.45, 7) is 1.78. The van der Waals surface area contributed by atoms with E-state index in [2.05, 4.69) is 20.4 Å². The molecule has 0 saturated heterocycles. The summed E-state index contributed by atoms with van der Waals surface area (Å²) in [5, 5.41) is 7.41. The molecular formula is C17H17N5O2. The maximum atomic E-state index is 5.60. The lowest BCUT2D eigenvalue weighted by atomic mass is 10.2. The van der Waals surface area contributed by atoms with Gasteiger partial charge in [-0.1, -0.05) is 6.07 Å². The first-order valence-electron chi connectivity index (χ1n) is 7.72. The summed E-state index contributed by atoms with van der Waals surface area (Å²) in [5.74, 6) is 2.15. The van der Waals surface area contributed by atoms with Crippen LogP contribution in [0, 0.1) is 0 Å². The number of nitrogens with zero attached hydrogens (tertiary/aromatic N) is 4. The molecule has 122 valence electrons. The SMILES string of the molecule is Cn1cc(-c2ccnc(NCc3ccc4c(c3)OCCO4)n2)cn1. The molecule has 0 fully saturated rings. The molecule has 24 heavy (non-hydrogen) atoms. The minimum Gasteiger partial charge on any atom is -0.486 e. The smallest absolute Gasteiger partial charge is 0.223 e. The van der Waals surface area contributed by atoms with Gasteiger partial charge in [-0.3, -0.25) is 4.68 Å². The van der Waals surface area contributed by atoms with Crippen molar-refractivity contribution in [1.29, 1.82) is 0 Å². The molecule has 1 aromatic carbocycles. The zero-order valence-electron chi connectivity index (χ0n) is 13.3. The van der Waals surface area contributed by atoms with Gasteiger partial charge in [0.15, 0.2) is 11.5 Å². The van der Waals surface area contributed by atoms with E-state index in [4.69, 9.17) is 9.47 Å². The Balaban J connectivity index is 1.48. The van der Waals surface area contributed by atoms with Gasteiger partial charge in [0.2, 0.25) is 5.95 Å². The van der Waals surface area contributed by atoms with Crippen molar-refractivity contribution in [2.75, 3.05) is 18.5 Å². The van der Waals surface area contributed by atoms with Crippen molar-refractivity contribution in [3.8, 4) is 22.8 Å². The molecule has 1 aliphatic rings. The van der Waals surface area contributed by atoms with E-state index < -0.39 is 0 Å². The normalized spacial score (nSPS) is 12.9. The van der Waals surface area contributed by atoms with E-state index in [1.807, 2.05) is 37.5 Å². The highest BCUT2D eigenvalue weighted by Gasteiger charge is 2.11. The number of nitrogens with one attached hydrogen (secondary N) is 1. The van der Waals surface area contributed by atoms with Crippen LogP contribution in [0.15, 0.2) is 42.9 Å². The van der Waals surface area contributed by atoms with Crippen LogP contribution >= 0.6 is 0 Å². The quantitative estimate of drug-likeness (QED) is 0.794. The molecule has 0 aliphatic carbocycles. The first kappa shape index (κ1) is 14.5. The van der Waals surface area contributed by atoms with E-state index in [9.17, 15) is 0 Å². The summed E-state index contributed by atoms with van der Waals surface area (Å²) >= 11 is 0. The molecule has 0 atom stereocenters. The Morgan fingerprint density at radius 2 is 2.04 bits per heavy atom. The largest absolute Gasteiger partial charge is 0.486 e. The monoisotopic (exact) mass is 323 g/mol. The molecule has 7 nitrogen and oxygen atoms in total. The van der Waals surface area contributed by atoms with E-state index in [0.717, 1.165) is 28.3 Å². The molecule has 1 N–H and O–H groups in total. The van der Waals surface area contributed by atoms with Crippen LogP contribution in [0.2, 0.25) is 0 Å². The summed E-state index contributed by atoms with van der Waals surface area (Å²) in [4.78, 5) is 8.80. The summed E-state index contributed by atoms with van der Waals surface area (Å²) < 4.78 is 12.9. The molecule has 3 aromatic rings. The molecular weight excluding hydrogens is 306 g/mol. The van der Waals surface area contributed by atoms with Gasteiger partial charge in [0.1, 0.15) is 13.2 Å². The van der Waals surface area contributed by atoms with Crippen LogP contribution in [0.4, 0.5) is 5.95 Å². The van der Waals surface area contributed by atoms with Gasteiger partial charge in [0, 0.05) is 31.5 Å². The third kappa shape index (κ3) is 3.01. The Labute approximate surface area is 139 Å². The predicted molar refractivity (Wildman–Crippen MR) is 89.0 cm³/mol. The summed E-state index contributed by atoms with van der Waals surface area (Å²) in [7, 11) is 1.88. The van der Waals surface area contributed by atoms with Crippen LogP contribution in [-0.4, -0.2) is 33.0 Å². The van der Waals surface area contributed by atoms with Crippen molar-refractivity contribution < 1.29 is 9.47 Å². The molecule has 0 spiro atoms. The van der Waals surface area contributed by atoms with Crippen molar-refractivity contribution in [2.24, 2.45) is 7.05 Å². The maximum absolute atomic E-state index is 5.60. The second-order valence-corrected chi connectivity index (χ2v) is 5.50. The van der Waals surface area contributed by atoms with Crippen LogP contribution in [0.3, 0.4) is 0 Å². The van der Waals surface area contributed by atoms with Crippen molar-refractivity contribution in [2.45, 2.75) is 6.54 Å². The van der Waals surface area contributed by atoms with Crippen molar-refractivity contribution in [3.63, 3.8) is 0 Å². The van der Waals surface area contributed by atoms with E-state index in [0.29, 0.717) is 25.7 Å². The highest BCUT2D eigenvalue weighted by atomic mass is 16.6. The third-order valence-corrected chi connectivity index (χ3v) is 3.71. The molecule has 0 unspecified atom stereocenters. The van der Waals surface area contributed by atoms with Crippen LogP contribution in [-0.2, 0) is 13.6 Å². The number of aryl methyl sites for hydroxylation is 1. The molecule has 7 heteroatoms.